The predicted octanol–water partition coefficient (Wildman–Crippen LogP) is -1.89. The summed E-state index contributed by atoms with van der Waals surface area (Å²) < 4.78 is 8.97. The second-order valence-electron chi connectivity index (χ2n) is 4.07. The molecule has 0 saturated carbocycles. The molecule has 0 saturated heterocycles. The lowest BCUT2D eigenvalue weighted by atomic mass is 10.1. The Balaban J connectivity index is 2.66. The van der Waals surface area contributed by atoms with Crippen molar-refractivity contribution in [3.63, 3.8) is 0 Å². The van der Waals surface area contributed by atoms with Crippen LogP contribution in [0.15, 0.2) is 36.0 Å². The van der Waals surface area contributed by atoms with Gasteiger partial charge in [0.25, 0.3) is 0 Å². The van der Waals surface area contributed by atoms with Gasteiger partial charge >= 0.3 is 17.9 Å². The van der Waals surface area contributed by atoms with E-state index in [4.69, 9.17) is 25.5 Å². The van der Waals surface area contributed by atoms with Crippen LogP contribution < -0.4 is 0 Å². The Morgan fingerprint density at radius 2 is 1.90 bits per heavy atom. The molecule has 112 valence electrons. The van der Waals surface area contributed by atoms with Gasteiger partial charge in [0.1, 0.15) is 0 Å². The maximum Gasteiger partial charge on any atom is 0.365 e. The lowest BCUT2D eigenvalue weighted by molar-refractivity contribution is -0.520. The third-order valence-electron chi connectivity index (χ3n) is 2.50. The molecule has 0 heterocycles. The van der Waals surface area contributed by atoms with Crippen LogP contribution in [0.5, 0.6) is 0 Å². The van der Waals surface area contributed by atoms with Crippen LogP contribution in [0.2, 0.25) is 0 Å². The summed E-state index contributed by atoms with van der Waals surface area (Å²) in [7, 11) is 1.25. The average Bonchev–Trinajstić information content (AvgIpc) is 2.59. The first kappa shape index (κ1) is 16.5. The first-order chi connectivity index (χ1) is 9.17. The monoisotopic (exact) mass is 288 g/mol. The molecule has 0 aromatic heterocycles. The molecule has 0 radical (unpaired) electrons. The highest BCUT2D eigenvalue weighted by atomic mass is 16.8. The van der Waals surface area contributed by atoms with E-state index in [1.165, 1.54) is 31.4 Å². The van der Waals surface area contributed by atoms with Gasteiger partial charge in [0.2, 0.25) is 0 Å². The summed E-state index contributed by atoms with van der Waals surface area (Å²) in [5.74, 6) is -8.44. The molecule has 5 N–H and O–H groups in total. The van der Waals surface area contributed by atoms with Gasteiger partial charge in [-0.1, -0.05) is 30.4 Å². The van der Waals surface area contributed by atoms with E-state index < -0.39 is 30.4 Å². The number of hydrogen-bond acceptors (Lipinski definition) is 8. The molecule has 8 nitrogen and oxygen atoms in total. The fraction of sp³-hybridized carbons (Fsp3) is 0.417. The van der Waals surface area contributed by atoms with Crippen molar-refractivity contribution in [2.45, 2.75) is 11.9 Å². The molecule has 1 atom stereocenters. The van der Waals surface area contributed by atoms with E-state index in [1.54, 1.807) is 6.08 Å². The molecular formula is C12H16O8. The normalized spacial score (nSPS) is 19.5. The third-order valence-corrected chi connectivity index (χ3v) is 2.50. The number of carbonyl (C=O) groups is 1. The van der Waals surface area contributed by atoms with Crippen molar-refractivity contribution < 1.29 is 39.8 Å². The van der Waals surface area contributed by atoms with E-state index in [1.807, 2.05) is 0 Å². The number of aliphatic hydroxyl groups is 5. The molecule has 0 aliphatic heterocycles. The van der Waals surface area contributed by atoms with Crippen LogP contribution in [0, 0.1) is 5.92 Å². The standard InChI is InChI=1S/C12H16O8/c1-19-10(13)9-4-2-3-8(5-6-9)7-20-12(17,18)11(14,15)16/h2-6,9,14-18H,7H2,1H3. The van der Waals surface area contributed by atoms with Gasteiger partial charge in [0.05, 0.1) is 19.6 Å². The first-order valence-electron chi connectivity index (χ1n) is 5.56. The second-order valence-corrected chi connectivity index (χ2v) is 4.07. The van der Waals surface area contributed by atoms with Crippen LogP contribution in [0.1, 0.15) is 0 Å². The highest BCUT2D eigenvalue weighted by Crippen LogP contribution is 2.18. The molecule has 20 heavy (non-hydrogen) atoms. The highest BCUT2D eigenvalue weighted by Gasteiger charge is 2.48. The number of carbonyl (C=O) groups excluding carboxylic acids is 1. The van der Waals surface area contributed by atoms with Crippen molar-refractivity contribution in [3.8, 4) is 0 Å². The summed E-state index contributed by atoms with van der Waals surface area (Å²) in [6.45, 7) is -0.453. The molecule has 0 aromatic carbocycles. The van der Waals surface area contributed by atoms with Crippen LogP contribution in [0.3, 0.4) is 0 Å². The number of ether oxygens (including phenoxy) is 2. The van der Waals surface area contributed by atoms with Gasteiger partial charge in [0.15, 0.2) is 0 Å². The Kier molecular flexibility index (Phi) is 5.17. The minimum atomic E-state index is -3.83. The average molecular weight is 288 g/mol. The molecule has 1 rings (SSSR count). The van der Waals surface area contributed by atoms with Crippen LogP contribution in [-0.2, 0) is 14.3 Å². The maximum atomic E-state index is 11.3. The van der Waals surface area contributed by atoms with Gasteiger partial charge in [-0.15, -0.1) is 0 Å². The first-order valence-corrected chi connectivity index (χ1v) is 5.56. The lowest BCUT2D eigenvalue weighted by Crippen LogP contribution is -2.56. The minimum Gasteiger partial charge on any atom is -0.468 e. The molecule has 0 spiro atoms. The molecule has 0 aromatic rings. The summed E-state index contributed by atoms with van der Waals surface area (Å²) in [4.78, 5) is 11.3. The smallest absolute Gasteiger partial charge is 0.365 e. The molecule has 1 aliphatic rings. The second kappa shape index (κ2) is 6.27. The zero-order valence-electron chi connectivity index (χ0n) is 10.6. The van der Waals surface area contributed by atoms with Crippen molar-refractivity contribution >= 4 is 5.97 Å². The Morgan fingerprint density at radius 3 is 2.45 bits per heavy atom. The Morgan fingerprint density at radius 1 is 1.25 bits per heavy atom. The van der Waals surface area contributed by atoms with E-state index in [-0.39, 0.29) is 0 Å². The topological polar surface area (TPSA) is 137 Å². The minimum absolute atomic E-state index is 0.393. The fourth-order valence-corrected chi connectivity index (χ4v) is 1.32. The van der Waals surface area contributed by atoms with Gasteiger partial charge in [0, 0.05) is 0 Å². The quantitative estimate of drug-likeness (QED) is 0.293. The van der Waals surface area contributed by atoms with Gasteiger partial charge in [-0.25, -0.2) is 0 Å². The van der Waals surface area contributed by atoms with E-state index >= 15 is 0 Å². The Hall–Kier alpha value is -1.55. The van der Waals surface area contributed by atoms with E-state index in [9.17, 15) is 4.79 Å². The number of hydrogen-bond donors (Lipinski definition) is 5. The SMILES string of the molecule is COC(=O)C1C=CC=C(COC(O)(O)C(O)(O)O)C=C1. The third kappa shape index (κ3) is 4.23. The summed E-state index contributed by atoms with van der Waals surface area (Å²) in [6.07, 6.45) is 7.54. The zero-order valence-corrected chi connectivity index (χ0v) is 10.6. The Bertz CT molecular complexity index is 441. The molecule has 8 heteroatoms. The van der Waals surface area contributed by atoms with E-state index in [0.717, 1.165) is 0 Å². The van der Waals surface area contributed by atoms with Crippen molar-refractivity contribution in [2.24, 2.45) is 5.92 Å². The van der Waals surface area contributed by atoms with E-state index in [2.05, 4.69) is 9.47 Å². The van der Waals surface area contributed by atoms with Crippen molar-refractivity contribution in [1.29, 1.82) is 0 Å². The fourth-order valence-electron chi connectivity index (χ4n) is 1.32. The zero-order chi connectivity index (χ0) is 15.4. The summed E-state index contributed by atoms with van der Waals surface area (Å²) in [5.41, 5.74) is 0.393. The number of methoxy groups -OCH3 is 1. The summed E-state index contributed by atoms with van der Waals surface area (Å²) >= 11 is 0. The van der Waals surface area contributed by atoms with Crippen LogP contribution in [0.4, 0.5) is 0 Å². The highest BCUT2D eigenvalue weighted by molar-refractivity contribution is 5.76. The van der Waals surface area contributed by atoms with Gasteiger partial charge < -0.3 is 35.0 Å². The van der Waals surface area contributed by atoms with Crippen molar-refractivity contribution in [2.75, 3.05) is 13.7 Å². The Labute approximate surface area is 114 Å². The number of esters is 1. The lowest BCUT2D eigenvalue weighted by Gasteiger charge is -2.29. The maximum absolute atomic E-state index is 11.3. The van der Waals surface area contributed by atoms with Gasteiger partial charge in [-0.2, -0.15) is 0 Å². The molecule has 0 fully saturated rings. The van der Waals surface area contributed by atoms with E-state index in [0.29, 0.717) is 5.57 Å². The summed E-state index contributed by atoms with van der Waals surface area (Å²) in [6, 6.07) is 0. The van der Waals surface area contributed by atoms with Crippen molar-refractivity contribution in [1.82, 2.24) is 0 Å². The molecule has 1 unspecified atom stereocenters. The summed E-state index contributed by atoms with van der Waals surface area (Å²) in [5, 5.41) is 44.1. The number of allylic oxidation sites excluding steroid dienone is 2. The largest absolute Gasteiger partial charge is 0.468 e. The molecule has 1 aliphatic carbocycles. The molecule has 0 bridgehead atoms. The van der Waals surface area contributed by atoms with Crippen LogP contribution in [0.25, 0.3) is 0 Å². The number of rotatable bonds is 5. The van der Waals surface area contributed by atoms with Crippen molar-refractivity contribution in [3.05, 3.63) is 36.0 Å². The molecular weight excluding hydrogens is 272 g/mol. The van der Waals surface area contributed by atoms with Gasteiger partial charge in [-0.3, -0.25) is 4.79 Å². The van der Waals surface area contributed by atoms with Crippen LogP contribution >= 0.6 is 0 Å². The van der Waals surface area contributed by atoms with Crippen LogP contribution in [-0.4, -0.2) is 57.2 Å². The predicted molar refractivity (Wildman–Crippen MR) is 64.4 cm³/mol. The van der Waals surface area contributed by atoms with Gasteiger partial charge in [-0.05, 0) is 5.57 Å². The molecule has 0 amide bonds.